The number of amides is 2. The molecule has 0 atom stereocenters. The van der Waals surface area contributed by atoms with Gasteiger partial charge in [-0.05, 0) is 0 Å². The molecule has 1 aliphatic heterocycles. The molecule has 1 aliphatic rings. The Morgan fingerprint density at radius 1 is 0.720 bits per heavy atom. The second-order valence-corrected chi connectivity index (χ2v) is 7.53. The van der Waals surface area contributed by atoms with E-state index in [1.807, 2.05) is 58.7 Å². The fraction of sp³-hybridized carbons (Fsp3) is 0. The second-order valence-electron chi connectivity index (χ2n) is 5.75. The van der Waals surface area contributed by atoms with E-state index < -0.39 is 0 Å². The van der Waals surface area contributed by atoms with Crippen LogP contribution in [0.15, 0.2) is 71.2 Å². The first-order valence-corrected chi connectivity index (χ1v) is 9.45. The summed E-state index contributed by atoms with van der Waals surface area (Å²) in [6.45, 7) is 0. The minimum absolute atomic E-state index is 0.279. The van der Waals surface area contributed by atoms with E-state index in [0.717, 1.165) is 20.6 Å². The van der Waals surface area contributed by atoms with Gasteiger partial charge in [-0.15, -0.1) is 0 Å². The number of imide groups is 1. The third-order valence-corrected chi connectivity index (χ3v) is 5.94. The summed E-state index contributed by atoms with van der Waals surface area (Å²) in [5, 5.41) is 2.38. The van der Waals surface area contributed by atoms with Gasteiger partial charge in [-0.3, -0.25) is 0 Å². The minimum atomic E-state index is -0.280. The van der Waals surface area contributed by atoms with Gasteiger partial charge in [0.05, 0.1) is 0 Å². The normalized spacial score (nSPS) is 14.7. The average Bonchev–Trinajstić information content (AvgIpc) is 2.85. The summed E-state index contributed by atoms with van der Waals surface area (Å²) in [5.41, 5.74) is 3.43. The fourth-order valence-corrected chi connectivity index (χ4v) is 4.53. The maximum atomic E-state index is 12.3. The standard InChI is InChI=1S/C20H13NO2Se2/c22-19-17(18(24)20(23)21(19)25)14-10-8-13(9-11-14)16-7-3-5-12-4-1-2-6-15(12)16/h1-11,24-25H. The molecule has 5 heteroatoms. The predicted octanol–water partition coefficient (Wildman–Crippen LogP) is 2.30. The van der Waals surface area contributed by atoms with E-state index in [1.165, 1.54) is 10.8 Å². The molecule has 0 radical (unpaired) electrons. The summed E-state index contributed by atoms with van der Waals surface area (Å²) < 4.78 is 1.52. The fourth-order valence-electron chi connectivity index (χ4n) is 3.06. The van der Waals surface area contributed by atoms with Crippen molar-refractivity contribution in [1.29, 1.82) is 0 Å². The maximum absolute atomic E-state index is 12.3. The van der Waals surface area contributed by atoms with Gasteiger partial charge in [0, 0.05) is 0 Å². The van der Waals surface area contributed by atoms with Crippen LogP contribution in [0.3, 0.4) is 0 Å². The van der Waals surface area contributed by atoms with Crippen LogP contribution in [0.1, 0.15) is 5.56 Å². The first kappa shape index (κ1) is 16.3. The third kappa shape index (κ3) is 2.66. The van der Waals surface area contributed by atoms with Crippen LogP contribution in [0.5, 0.6) is 0 Å². The molecule has 0 saturated heterocycles. The van der Waals surface area contributed by atoms with E-state index in [9.17, 15) is 9.59 Å². The number of hydrogen-bond donors (Lipinski definition) is 0. The van der Waals surface area contributed by atoms with Crippen LogP contribution in [0.2, 0.25) is 0 Å². The quantitative estimate of drug-likeness (QED) is 0.438. The number of carbonyl (C=O) groups excluding carboxylic acids is 2. The molecule has 0 N–H and O–H groups in total. The van der Waals surface area contributed by atoms with E-state index in [2.05, 4.69) is 40.3 Å². The van der Waals surface area contributed by atoms with Gasteiger partial charge < -0.3 is 0 Å². The molecule has 1 heterocycles. The van der Waals surface area contributed by atoms with Crippen molar-refractivity contribution in [2.75, 3.05) is 0 Å². The summed E-state index contributed by atoms with van der Waals surface area (Å²) in [7, 11) is 0. The van der Waals surface area contributed by atoms with Gasteiger partial charge in [-0.2, -0.15) is 0 Å². The van der Waals surface area contributed by atoms with Gasteiger partial charge in [0.25, 0.3) is 0 Å². The predicted molar refractivity (Wildman–Crippen MR) is 102 cm³/mol. The van der Waals surface area contributed by atoms with Crippen molar-refractivity contribution in [2.24, 2.45) is 0 Å². The topological polar surface area (TPSA) is 37.4 Å². The average molecular weight is 457 g/mol. The van der Waals surface area contributed by atoms with Crippen LogP contribution in [-0.2, 0) is 9.59 Å². The van der Waals surface area contributed by atoms with Crippen LogP contribution in [0.25, 0.3) is 27.5 Å². The van der Waals surface area contributed by atoms with Gasteiger partial charge >= 0.3 is 162 Å². The van der Waals surface area contributed by atoms with Gasteiger partial charge in [-0.1, -0.05) is 0 Å². The molecule has 4 rings (SSSR count). The molecule has 0 aromatic heterocycles. The summed E-state index contributed by atoms with van der Waals surface area (Å²) in [5.74, 6) is -0.559. The van der Waals surface area contributed by atoms with Crippen molar-refractivity contribution in [3.05, 3.63) is 76.8 Å². The molecule has 2 amide bonds. The Morgan fingerprint density at radius 3 is 2.04 bits per heavy atom. The number of rotatable bonds is 2. The molecule has 3 aromatic rings. The zero-order chi connectivity index (χ0) is 17.6. The van der Waals surface area contributed by atoms with Crippen molar-refractivity contribution in [2.45, 2.75) is 0 Å². The third-order valence-electron chi connectivity index (χ3n) is 4.31. The Bertz CT molecular complexity index is 1050. The van der Waals surface area contributed by atoms with E-state index in [0.29, 0.717) is 10.0 Å². The van der Waals surface area contributed by atoms with Crippen LogP contribution in [0, 0.1) is 0 Å². The van der Waals surface area contributed by atoms with Crippen LogP contribution in [-0.4, -0.2) is 48.0 Å². The van der Waals surface area contributed by atoms with E-state index in [1.54, 1.807) is 0 Å². The number of carbonyl (C=O) groups is 2. The molecule has 3 nitrogen and oxygen atoms in total. The molecule has 0 saturated carbocycles. The molecule has 0 unspecified atom stereocenters. The van der Waals surface area contributed by atoms with Crippen molar-refractivity contribution < 1.29 is 9.59 Å². The van der Waals surface area contributed by atoms with Gasteiger partial charge in [0.15, 0.2) is 0 Å². The zero-order valence-electron chi connectivity index (χ0n) is 13.0. The van der Waals surface area contributed by atoms with Crippen molar-refractivity contribution in [1.82, 2.24) is 3.92 Å². The molecule has 122 valence electrons. The second kappa shape index (κ2) is 6.29. The number of fused-ring (bicyclic) bond motifs is 1. The van der Waals surface area contributed by atoms with Crippen LogP contribution in [0.4, 0.5) is 0 Å². The Morgan fingerprint density at radius 2 is 1.36 bits per heavy atom. The molecular weight excluding hydrogens is 444 g/mol. The number of nitrogens with zero attached hydrogens (tertiary/aromatic N) is 1. The van der Waals surface area contributed by atoms with E-state index in [4.69, 9.17) is 0 Å². The van der Waals surface area contributed by atoms with Crippen molar-refractivity contribution >= 4 is 60.4 Å². The summed E-state index contributed by atoms with van der Waals surface area (Å²) >= 11 is 4.22. The summed E-state index contributed by atoms with van der Waals surface area (Å²) in [6.07, 6.45) is 0. The Balaban J connectivity index is 1.79. The first-order chi connectivity index (χ1) is 12.1. The van der Waals surface area contributed by atoms with Gasteiger partial charge in [0.1, 0.15) is 0 Å². The Hall–Kier alpha value is -2.16. The molecule has 3 aromatic carbocycles. The first-order valence-electron chi connectivity index (χ1n) is 7.67. The zero-order valence-corrected chi connectivity index (χ0v) is 16.8. The SMILES string of the molecule is O=C1C([SeH])=C(c2ccc(-c3cccc4ccccc34)cc2)C(=O)N1[SeH]. The Labute approximate surface area is 161 Å². The van der Waals surface area contributed by atoms with Crippen molar-refractivity contribution in [3.8, 4) is 11.1 Å². The van der Waals surface area contributed by atoms with Gasteiger partial charge in [0.2, 0.25) is 0 Å². The summed E-state index contributed by atoms with van der Waals surface area (Å²) in [6, 6.07) is 22.3. The number of hydrogen-bond acceptors (Lipinski definition) is 2. The molecule has 0 spiro atoms. The van der Waals surface area contributed by atoms with Gasteiger partial charge in [-0.25, -0.2) is 0 Å². The molecule has 0 aliphatic carbocycles. The molecule has 25 heavy (non-hydrogen) atoms. The molecule has 0 bridgehead atoms. The molecule has 0 fully saturated rings. The van der Waals surface area contributed by atoms with E-state index in [-0.39, 0.29) is 11.8 Å². The monoisotopic (exact) mass is 459 g/mol. The van der Waals surface area contributed by atoms with Crippen molar-refractivity contribution in [3.63, 3.8) is 0 Å². The Kier molecular flexibility index (Phi) is 4.10. The summed E-state index contributed by atoms with van der Waals surface area (Å²) in [4.78, 5) is 24.2. The number of benzene rings is 3. The molecular formula is C20H13NO2Se2. The van der Waals surface area contributed by atoms with Crippen LogP contribution >= 0.6 is 0 Å². The van der Waals surface area contributed by atoms with E-state index >= 15 is 0 Å². The van der Waals surface area contributed by atoms with Crippen LogP contribution < -0.4 is 0 Å².